The number of carbonyl (C=O) groups excluding carboxylic acids is 2. The van der Waals surface area contributed by atoms with Gasteiger partial charge in [-0.15, -0.1) is 0 Å². The number of benzene rings is 3. The summed E-state index contributed by atoms with van der Waals surface area (Å²) in [5.74, 6) is -1.65. The van der Waals surface area contributed by atoms with E-state index in [0.29, 0.717) is 35.2 Å². The molecule has 0 unspecified atom stereocenters. The maximum absolute atomic E-state index is 13.6. The van der Waals surface area contributed by atoms with Gasteiger partial charge in [-0.3, -0.25) is 14.8 Å². The van der Waals surface area contributed by atoms with Crippen molar-refractivity contribution in [3.63, 3.8) is 0 Å². The van der Waals surface area contributed by atoms with Gasteiger partial charge in [-0.05, 0) is 65.9 Å². The summed E-state index contributed by atoms with van der Waals surface area (Å²) in [5, 5.41) is 23.2. The zero-order chi connectivity index (χ0) is 25.3. The van der Waals surface area contributed by atoms with E-state index in [1.807, 2.05) is 0 Å². The Morgan fingerprint density at radius 2 is 1.34 bits per heavy atom. The first-order chi connectivity index (χ1) is 16.8. The number of unbranched alkanes of at least 4 members (excludes halogenated alkanes) is 3. The van der Waals surface area contributed by atoms with Crippen LogP contribution >= 0.6 is 0 Å². The summed E-state index contributed by atoms with van der Waals surface area (Å²) in [4.78, 5) is 23.7. The van der Waals surface area contributed by atoms with E-state index in [-0.39, 0.29) is 12.3 Å². The van der Waals surface area contributed by atoms with Crippen molar-refractivity contribution in [2.45, 2.75) is 37.7 Å². The summed E-state index contributed by atoms with van der Waals surface area (Å²) in [6.45, 7) is 0.440. The lowest BCUT2D eigenvalue weighted by atomic mass is 9.80. The van der Waals surface area contributed by atoms with Crippen LogP contribution in [0.25, 0.3) is 0 Å². The second kappa shape index (κ2) is 12.2. The second-order valence-corrected chi connectivity index (χ2v) is 8.26. The quantitative estimate of drug-likeness (QED) is 0.141. The topological polar surface area (TPSA) is 98.7 Å². The Morgan fingerprint density at radius 1 is 0.771 bits per heavy atom. The van der Waals surface area contributed by atoms with Crippen LogP contribution in [0.1, 0.15) is 59.2 Å². The molecule has 0 saturated carbocycles. The van der Waals surface area contributed by atoms with Crippen LogP contribution in [0.15, 0.2) is 72.8 Å². The molecule has 0 radical (unpaired) electrons. The van der Waals surface area contributed by atoms with Gasteiger partial charge in [-0.2, -0.15) is 0 Å². The first kappa shape index (κ1) is 26.0. The van der Waals surface area contributed by atoms with Crippen molar-refractivity contribution in [3.05, 3.63) is 107 Å². The molecule has 0 atom stereocenters. The standard InChI is InChI=1S/C27H28F2N2O4/c28-23-13-9-20(10-14-23)27(34,21-11-15-24(29)16-12-21)22-7-5-6-19(18-22)26(33)30-17-4-2-1-3-8-25(32)31-35/h5-7,9-16,18,34-35H,1-4,8,17H2,(H,30,33)(H,31,32). The minimum atomic E-state index is -1.74. The summed E-state index contributed by atoms with van der Waals surface area (Å²) < 4.78 is 27.1. The highest BCUT2D eigenvalue weighted by molar-refractivity contribution is 5.94. The van der Waals surface area contributed by atoms with E-state index in [1.165, 1.54) is 48.5 Å². The van der Waals surface area contributed by atoms with Crippen LogP contribution in [0.2, 0.25) is 0 Å². The third kappa shape index (κ3) is 6.71. The molecule has 2 amide bonds. The predicted octanol–water partition coefficient (Wildman–Crippen LogP) is 4.43. The number of halogens is 2. The number of nitrogens with one attached hydrogen (secondary N) is 2. The molecule has 6 nitrogen and oxygen atoms in total. The highest BCUT2D eigenvalue weighted by Crippen LogP contribution is 2.37. The third-order valence-corrected chi connectivity index (χ3v) is 5.81. The highest BCUT2D eigenvalue weighted by Gasteiger charge is 2.34. The Kier molecular flexibility index (Phi) is 9.05. The molecule has 3 aromatic rings. The molecular weight excluding hydrogens is 454 g/mol. The molecule has 184 valence electrons. The van der Waals surface area contributed by atoms with Crippen LogP contribution in [0, 0.1) is 11.6 Å². The van der Waals surface area contributed by atoms with Gasteiger partial charge >= 0.3 is 0 Å². The molecule has 0 aliphatic carbocycles. The van der Waals surface area contributed by atoms with Crippen molar-refractivity contribution in [3.8, 4) is 0 Å². The third-order valence-electron chi connectivity index (χ3n) is 5.81. The Bertz CT molecular complexity index is 1090. The van der Waals surface area contributed by atoms with Crippen LogP contribution in [0.4, 0.5) is 8.78 Å². The summed E-state index contributed by atoms with van der Waals surface area (Å²) in [6.07, 6.45) is 3.23. The molecule has 3 rings (SSSR count). The lowest BCUT2D eigenvalue weighted by Gasteiger charge is -2.30. The van der Waals surface area contributed by atoms with Crippen molar-refractivity contribution in [1.29, 1.82) is 0 Å². The SMILES string of the molecule is O=C(CCCCCCNC(=O)c1cccc(C(O)(c2ccc(F)cc2)c2ccc(F)cc2)c1)NO. The van der Waals surface area contributed by atoms with E-state index in [1.54, 1.807) is 29.7 Å². The molecule has 0 aromatic heterocycles. The number of amides is 2. The van der Waals surface area contributed by atoms with E-state index in [2.05, 4.69) is 5.32 Å². The number of hydrogen-bond acceptors (Lipinski definition) is 4. The average molecular weight is 483 g/mol. The van der Waals surface area contributed by atoms with Gasteiger partial charge in [0.05, 0.1) is 0 Å². The molecule has 8 heteroatoms. The monoisotopic (exact) mass is 482 g/mol. The van der Waals surface area contributed by atoms with E-state index in [4.69, 9.17) is 5.21 Å². The number of rotatable bonds is 11. The van der Waals surface area contributed by atoms with Crippen molar-refractivity contribution in [2.75, 3.05) is 6.54 Å². The molecule has 0 heterocycles. The van der Waals surface area contributed by atoms with Crippen molar-refractivity contribution in [1.82, 2.24) is 10.8 Å². The van der Waals surface area contributed by atoms with Gasteiger partial charge in [0.15, 0.2) is 0 Å². The van der Waals surface area contributed by atoms with E-state index < -0.39 is 23.1 Å². The fourth-order valence-electron chi connectivity index (χ4n) is 3.89. The Balaban J connectivity index is 1.74. The molecule has 0 bridgehead atoms. The van der Waals surface area contributed by atoms with Gasteiger partial charge in [-0.25, -0.2) is 14.3 Å². The summed E-state index contributed by atoms with van der Waals surface area (Å²) >= 11 is 0. The van der Waals surface area contributed by atoms with Gasteiger partial charge in [-0.1, -0.05) is 49.2 Å². The molecule has 3 aromatic carbocycles. The lowest BCUT2D eigenvalue weighted by Crippen LogP contribution is -2.30. The van der Waals surface area contributed by atoms with Gasteiger partial charge in [0.2, 0.25) is 5.91 Å². The molecule has 4 N–H and O–H groups in total. The van der Waals surface area contributed by atoms with Gasteiger partial charge < -0.3 is 10.4 Å². The molecule has 0 aliphatic heterocycles. The van der Waals surface area contributed by atoms with Crippen molar-refractivity contribution >= 4 is 11.8 Å². The van der Waals surface area contributed by atoms with E-state index in [9.17, 15) is 23.5 Å². The maximum atomic E-state index is 13.6. The smallest absolute Gasteiger partial charge is 0.251 e. The summed E-state index contributed by atoms with van der Waals surface area (Å²) in [5.41, 5.74) is 1.32. The van der Waals surface area contributed by atoms with Gasteiger partial charge in [0.25, 0.3) is 5.91 Å². The van der Waals surface area contributed by atoms with Crippen LogP contribution in [-0.4, -0.2) is 28.7 Å². The highest BCUT2D eigenvalue weighted by atomic mass is 19.1. The zero-order valence-corrected chi connectivity index (χ0v) is 19.1. The number of hydroxylamine groups is 1. The Labute approximate surface area is 202 Å². The molecule has 0 fully saturated rings. The normalized spacial score (nSPS) is 11.2. The fraction of sp³-hybridized carbons (Fsp3) is 0.259. The molecule has 0 saturated heterocycles. The maximum Gasteiger partial charge on any atom is 0.251 e. The first-order valence-electron chi connectivity index (χ1n) is 11.4. The predicted molar refractivity (Wildman–Crippen MR) is 127 cm³/mol. The molecule has 35 heavy (non-hydrogen) atoms. The molecule has 0 aliphatic rings. The van der Waals surface area contributed by atoms with E-state index >= 15 is 0 Å². The summed E-state index contributed by atoms with van der Waals surface area (Å²) in [6, 6.07) is 17.2. The summed E-state index contributed by atoms with van der Waals surface area (Å²) in [7, 11) is 0. The van der Waals surface area contributed by atoms with Crippen LogP contribution < -0.4 is 10.8 Å². The first-order valence-corrected chi connectivity index (χ1v) is 11.4. The lowest BCUT2D eigenvalue weighted by molar-refractivity contribution is -0.129. The largest absolute Gasteiger partial charge is 0.376 e. The van der Waals surface area contributed by atoms with Gasteiger partial charge in [0.1, 0.15) is 17.2 Å². The zero-order valence-electron chi connectivity index (χ0n) is 19.1. The van der Waals surface area contributed by atoms with Crippen LogP contribution in [0.3, 0.4) is 0 Å². The fourth-order valence-corrected chi connectivity index (χ4v) is 3.89. The minimum absolute atomic E-state index is 0.251. The van der Waals surface area contributed by atoms with Crippen LogP contribution in [0.5, 0.6) is 0 Å². The molecule has 0 spiro atoms. The van der Waals surface area contributed by atoms with Gasteiger partial charge in [0, 0.05) is 18.5 Å². The number of carbonyl (C=O) groups is 2. The second-order valence-electron chi connectivity index (χ2n) is 8.26. The Morgan fingerprint density at radius 3 is 1.91 bits per heavy atom. The van der Waals surface area contributed by atoms with Crippen LogP contribution in [-0.2, 0) is 10.4 Å². The minimum Gasteiger partial charge on any atom is -0.376 e. The van der Waals surface area contributed by atoms with E-state index in [0.717, 1.165) is 19.3 Å². The molecular formula is C27H28F2N2O4. The van der Waals surface area contributed by atoms with Crippen molar-refractivity contribution in [2.24, 2.45) is 0 Å². The van der Waals surface area contributed by atoms with Crippen molar-refractivity contribution < 1.29 is 28.7 Å². The number of hydrogen-bond donors (Lipinski definition) is 4. The Hall–Kier alpha value is -3.62. The number of aliphatic hydroxyl groups is 1. The average Bonchev–Trinajstić information content (AvgIpc) is 2.88.